The van der Waals surface area contributed by atoms with Crippen LogP contribution in [-0.2, 0) is 4.74 Å². The number of nitrogens with two attached hydrogens (primary N) is 1. The van der Waals surface area contributed by atoms with Crippen molar-refractivity contribution < 1.29 is 4.74 Å². The first-order valence-electron chi connectivity index (χ1n) is 6.16. The van der Waals surface area contributed by atoms with E-state index in [1.807, 2.05) is 12.1 Å². The Morgan fingerprint density at radius 3 is 2.67 bits per heavy atom. The Balaban J connectivity index is 2.01. The highest BCUT2D eigenvalue weighted by Crippen LogP contribution is 2.28. The zero-order valence-corrected chi connectivity index (χ0v) is 10.1. The molecule has 0 amide bonds. The van der Waals surface area contributed by atoms with Crippen LogP contribution < -0.4 is 11.3 Å². The van der Waals surface area contributed by atoms with Crippen LogP contribution in [0.2, 0.25) is 0 Å². The molecule has 3 rings (SSSR count). The first-order chi connectivity index (χ1) is 8.88. The van der Waals surface area contributed by atoms with Crippen molar-refractivity contribution in [1.29, 1.82) is 0 Å². The second kappa shape index (κ2) is 4.80. The first kappa shape index (κ1) is 11.3. The first-order valence-corrected chi connectivity index (χ1v) is 6.16. The topological polar surface area (TPSA) is 47.3 Å². The average molecular weight is 240 g/mol. The molecule has 0 spiro atoms. The monoisotopic (exact) mass is 240 g/mol. The highest BCUT2D eigenvalue weighted by atomic mass is 16.5. The molecule has 0 saturated heterocycles. The molecule has 0 fully saturated rings. The smallest absolute Gasteiger partial charge is 0.115 e. The van der Waals surface area contributed by atoms with E-state index in [2.05, 4.69) is 41.8 Å². The lowest BCUT2D eigenvalue weighted by Gasteiger charge is -2.18. The number of benzene rings is 2. The molecule has 92 valence electrons. The van der Waals surface area contributed by atoms with Gasteiger partial charge >= 0.3 is 0 Å². The summed E-state index contributed by atoms with van der Waals surface area (Å²) in [4.78, 5) is 0. The van der Waals surface area contributed by atoms with Crippen LogP contribution in [0.1, 0.15) is 18.0 Å². The summed E-state index contributed by atoms with van der Waals surface area (Å²) in [6, 6.07) is 14.6. The molecule has 0 radical (unpaired) electrons. The maximum Gasteiger partial charge on any atom is 0.115 e. The van der Waals surface area contributed by atoms with E-state index < -0.39 is 0 Å². The third-order valence-corrected chi connectivity index (χ3v) is 3.29. The van der Waals surface area contributed by atoms with Crippen molar-refractivity contribution in [1.82, 2.24) is 5.43 Å². The third kappa shape index (κ3) is 1.98. The zero-order chi connectivity index (χ0) is 12.4. The van der Waals surface area contributed by atoms with E-state index in [1.54, 1.807) is 0 Å². The van der Waals surface area contributed by atoms with Gasteiger partial charge in [-0.05, 0) is 28.5 Å². The van der Waals surface area contributed by atoms with Gasteiger partial charge in [-0.1, -0.05) is 36.4 Å². The normalized spacial score (nSPS) is 16.4. The Morgan fingerprint density at radius 1 is 1.11 bits per heavy atom. The maximum atomic E-state index is 5.66. The standard InChI is InChI=1S/C15H16N2O/c16-17-15(14-6-3-9-18-14)13-8-7-11-4-1-2-5-12(11)10-13/h1-2,4-8,10,15,17H,3,9,16H2. The Labute approximate surface area is 106 Å². The van der Waals surface area contributed by atoms with Crippen molar-refractivity contribution in [3.05, 3.63) is 59.9 Å². The highest BCUT2D eigenvalue weighted by molar-refractivity contribution is 5.83. The fourth-order valence-corrected chi connectivity index (χ4v) is 2.37. The minimum atomic E-state index is -0.0582. The molecular formula is C15H16N2O. The Bertz CT molecular complexity index is 592. The van der Waals surface area contributed by atoms with E-state index in [1.165, 1.54) is 10.8 Å². The SMILES string of the molecule is NNC(C1=CCCO1)c1ccc2ccccc2c1. The molecule has 1 unspecified atom stereocenters. The second-order valence-corrected chi connectivity index (χ2v) is 4.45. The summed E-state index contributed by atoms with van der Waals surface area (Å²) >= 11 is 0. The van der Waals surface area contributed by atoms with E-state index >= 15 is 0 Å². The molecule has 3 nitrogen and oxygen atoms in total. The molecule has 1 heterocycles. The molecule has 0 aliphatic carbocycles. The molecule has 1 aliphatic rings. The van der Waals surface area contributed by atoms with Gasteiger partial charge in [0.1, 0.15) is 11.8 Å². The molecule has 1 atom stereocenters. The van der Waals surface area contributed by atoms with Crippen LogP contribution in [0.5, 0.6) is 0 Å². The average Bonchev–Trinajstić information content (AvgIpc) is 2.93. The van der Waals surface area contributed by atoms with Crippen LogP contribution in [0, 0.1) is 0 Å². The lowest BCUT2D eigenvalue weighted by atomic mass is 10.0. The van der Waals surface area contributed by atoms with Crippen LogP contribution >= 0.6 is 0 Å². The van der Waals surface area contributed by atoms with Gasteiger partial charge in [0.15, 0.2) is 0 Å². The summed E-state index contributed by atoms with van der Waals surface area (Å²) in [7, 11) is 0. The highest BCUT2D eigenvalue weighted by Gasteiger charge is 2.19. The number of hydrogen-bond donors (Lipinski definition) is 2. The third-order valence-electron chi connectivity index (χ3n) is 3.29. The molecule has 0 aromatic heterocycles. The van der Waals surface area contributed by atoms with Gasteiger partial charge in [0, 0.05) is 6.42 Å². The number of hydrazine groups is 1. The van der Waals surface area contributed by atoms with Gasteiger partial charge in [0.2, 0.25) is 0 Å². The number of ether oxygens (including phenoxy) is 1. The number of rotatable bonds is 3. The second-order valence-electron chi connectivity index (χ2n) is 4.45. The Morgan fingerprint density at radius 2 is 1.94 bits per heavy atom. The van der Waals surface area contributed by atoms with Gasteiger partial charge in [0.25, 0.3) is 0 Å². The lowest BCUT2D eigenvalue weighted by Crippen LogP contribution is -2.29. The van der Waals surface area contributed by atoms with Crippen LogP contribution in [0.3, 0.4) is 0 Å². The fourth-order valence-electron chi connectivity index (χ4n) is 2.37. The predicted octanol–water partition coefficient (Wildman–Crippen LogP) is 2.65. The molecule has 2 aromatic rings. The fraction of sp³-hybridized carbons (Fsp3) is 0.200. The van der Waals surface area contributed by atoms with Gasteiger partial charge < -0.3 is 4.74 Å². The molecular weight excluding hydrogens is 224 g/mol. The van der Waals surface area contributed by atoms with Gasteiger partial charge in [-0.3, -0.25) is 5.84 Å². The van der Waals surface area contributed by atoms with Crippen molar-refractivity contribution in [3.8, 4) is 0 Å². The Kier molecular flexibility index (Phi) is 3.00. The Hall–Kier alpha value is -1.84. The van der Waals surface area contributed by atoms with Gasteiger partial charge in [-0.25, -0.2) is 5.43 Å². The summed E-state index contributed by atoms with van der Waals surface area (Å²) in [5.74, 6) is 6.58. The van der Waals surface area contributed by atoms with Crippen LogP contribution in [0.4, 0.5) is 0 Å². The van der Waals surface area contributed by atoms with Gasteiger partial charge in [0.05, 0.1) is 6.61 Å². The van der Waals surface area contributed by atoms with Gasteiger partial charge in [-0.15, -0.1) is 0 Å². The van der Waals surface area contributed by atoms with Crippen LogP contribution in [0.25, 0.3) is 10.8 Å². The molecule has 18 heavy (non-hydrogen) atoms. The zero-order valence-electron chi connectivity index (χ0n) is 10.1. The number of nitrogens with one attached hydrogen (secondary N) is 1. The number of fused-ring (bicyclic) bond motifs is 1. The summed E-state index contributed by atoms with van der Waals surface area (Å²) in [5, 5.41) is 2.45. The molecule has 3 N–H and O–H groups in total. The van der Waals surface area contributed by atoms with Crippen LogP contribution in [-0.4, -0.2) is 6.61 Å². The number of hydrogen-bond acceptors (Lipinski definition) is 3. The summed E-state index contributed by atoms with van der Waals surface area (Å²) in [5.41, 5.74) is 3.96. The molecule has 0 bridgehead atoms. The summed E-state index contributed by atoms with van der Waals surface area (Å²) in [6.45, 7) is 0.751. The van der Waals surface area contributed by atoms with Crippen molar-refractivity contribution in [2.75, 3.05) is 6.61 Å². The minimum absolute atomic E-state index is 0.0582. The predicted molar refractivity (Wildman–Crippen MR) is 72.7 cm³/mol. The molecule has 1 aliphatic heterocycles. The summed E-state index contributed by atoms with van der Waals surface area (Å²) < 4.78 is 5.59. The van der Waals surface area contributed by atoms with Gasteiger partial charge in [-0.2, -0.15) is 0 Å². The van der Waals surface area contributed by atoms with Crippen molar-refractivity contribution in [2.24, 2.45) is 5.84 Å². The maximum absolute atomic E-state index is 5.66. The summed E-state index contributed by atoms with van der Waals surface area (Å²) in [6.07, 6.45) is 3.06. The van der Waals surface area contributed by atoms with Crippen molar-refractivity contribution in [3.63, 3.8) is 0 Å². The van der Waals surface area contributed by atoms with E-state index in [-0.39, 0.29) is 6.04 Å². The largest absolute Gasteiger partial charge is 0.496 e. The van der Waals surface area contributed by atoms with Crippen molar-refractivity contribution in [2.45, 2.75) is 12.5 Å². The van der Waals surface area contributed by atoms with E-state index in [0.717, 1.165) is 24.4 Å². The quantitative estimate of drug-likeness (QED) is 0.640. The lowest BCUT2D eigenvalue weighted by molar-refractivity contribution is 0.216. The molecule has 3 heteroatoms. The minimum Gasteiger partial charge on any atom is -0.496 e. The van der Waals surface area contributed by atoms with Crippen LogP contribution in [0.15, 0.2) is 54.3 Å². The van der Waals surface area contributed by atoms with E-state index in [4.69, 9.17) is 10.6 Å². The molecule has 0 saturated carbocycles. The molecule has 2 aromatic carbocycles. The van der Waals surface area contributed by atoms with Crippen molar-refractivity contribution >= 4 is 10.8 Å². The van der Waals surface area contributed by atoms with E-state index in [9.17, 15) is 0 Å². The van der Waals surface area contributed by atoms with E-state index in [0.29, 0.717) is 0 Å².